The first kappa shape index (κ1) is 36.6. The van der Waals surface area contributed by atoms with Crippen LogP contribution in [0, 0.1) is 0 Å². The fourth-order valence-corrected chi connectivity index (χ4v) is 2.03. The molecular weight excluding hydrogens is 568 g/mol. The van der Waals surface area contributed by atoms with Gasteiger partial charge in [0, 0.05) is 17.6 Å². The van der Waals surface area contributed by atoms with Crippen LogP contribution in [0.4, 0.5) is 31.1 Å². The van der Waals surface area contributed by atoms with Gasteiger partial charge in [-0.1, -0.05) is 13.2 Å². The van der Waals surface area contributed by atoms with E-state index in [1.807, 2.05) is 5.32 Å². The summed E-state index contributed by atoms with van der Waals surface area (Å²) in [7, 11) is 0. The quantitative estimate of drug-likeness (QED) is 0.0552. The SMILES string of the molecule is C=C(C)C(=O)OCCCC(=O)OCCOCC(F)(F)OC(F)(F)OC(F)(F)COC(=O)NCCOC(=O)C(=C)C. The van der Waals surface area contributed by atoms with Crippen molar-refractivity contribution in [3.8, 4) is 0 Å². The molecular formula is C22H29F6NO11. The Morgan fingerprint density at radius 3 is 1.77 bits per heavy atom. The topological polar surface area (TPSA) is 145 Å². The average Bonchev–Trinajstić information content (AvgIpc) is 2.81. The average molecular weight is 597 g/mol. The summed E-state index contributed by atoms with van der Waals surface area (Å²) in [5.74, 6) is -2.25. The number of carbonyl (C=O) groups excluding carboxylic acids is 4. The molecule has 0 aromatic heterocycles. The van der Waals surface area contributed by atoms with E-state index in [0.717, 1.165) is 0 Å². The van der Waals surface area contributed by atoms with Crippen molar-refractivity contribution in [2.24, 2.45) is 0 Å². The molecule has 18 heteroatoms. The molecule has 0 saturated heterocycles. The highest BCUT2D eigenvalue weighted by Crippen LogP contribution is 2.33. The van der Waals surface area contributed by atoms with E-state index in [1.165, 1.54) is 13.8 Å². The summed E-state index contributed by atoms with van der Waals surface area (Å²) in [5.41, 5.74) is 0.208. The van der Waals surface area contributed by atoms with E-state index >= 15 is 0 Å². The van der Waals surface area contributed by atoms with Crippen molar-refractivity contribution in [1.29, 1.82) is 0 Å². The van der Waals surface area contributed by atoms with Crippen LogP contribution in [0.25, 0.3) is 0 Å². The molecule has 0 radical (unpaired) electrons. The van der Waals surface area contributed by atoms with Crippen molar-refractivity contribution < 1.29 is 78.7 Å². The minimum Gasteiger partial charge on any atom is -0.463 e. The standard InChI is InChI=1S/C22H29F6NO11/c1-14(2)17(31)36-8-5-6-16(30)35-11-10-34-12-20(23,24)39-22(27,28)40-21(25,26)13-38-19(33)29-7-9-37-18(32)15(3)4/h1,3,5-13H2,2,4H3,(H,29,33). The van der Waals surface area contributed by atoms with Gasteiger partial charge >= 0.3 is 42.5 Å². The summed E-state index contributed by atoms with van der Waals surface area (Å²) in [6, 6.07) is 0. The third kappa shape index (κ3) is 18.8. The molecule has 0 unspecified atom stereocenters. The van der Waals surface area contributed by atoms with E-state index in [-0.39, 0.29) is 30.6 Å². The lowest BCUT2D eigenvalue weighted by molar-refractivity contribution is -0.517. The molecule has 1 amide bonds. The molecule has 40 heavy (non-hydrogen) atoms. The maximum Gasteiger partial charge on any atom is 0.495 e. The number of hydrogen-bond donors (Lipinski definition) is 1. The molecule has 0 heterocycles. The van der Waals surface area contributed by atoms with Gasteiger partial charge in [0.2, 0.25) is 0 Å². The zero-order valence-corrected chi connectivity index (χ0v) is 21.5. The van der Waals surface area contributed by atoms with Gasteiger partial charge < -0.3 is 29.0 Å². The van der Waals surface area contributed by atoms with E-state index in [2.05, 4.69) is 41.6 Å². The van der Waals surface area contributed by atoms with Gasteiger partial charge in [-0.15, -0.1) is 8.78 Å². The molecule has 0 atom stereocenters. The molecule has 0 aromatic rings. The van der Waals surface area contributed by atoms with Gasteiger partial charge in [-0.2, -0.15) is 17.6 Å². The van der Waals surface area contributed by atoms with Crippen molar-refractivity contribution in [2.45, 2.75) is 45.2 Å². The van der Waals surface area contributed by atoms with Crippen LogP contribution in [-0.2, 0) is 47.5 Å². The van der Waals surface area contributed by atoms with Crippen LogP contribution in [0.1, 0.15) is 26.7 Å². The van der Waals surface area contributed by atoms with E-state index in [1.54, 1.807) is 0 Å². The van der Waals surface area contributed by atoms with Crippen molar-refractivity contribution in [3.63, 3.8) is 0 Å². The molecule has 0 aliphatic heterocycles. The van der Waals surface area contributed by atoms with Crippen LogP contribution in [0.15, 0.2) is 24.3 Å². The molecule has 0 fully saturated rings. The lowest BCUT2D eigenvalue weighted by Crippen LogP contribution is -2.44. The second-order valence-electron chi connectivity index (χ2n) is 7.65. The predicted molar refractivity (Wildman–Crippen MR) is 119 cm³/mol. The second-order valence-corrected chi connectivity index (χ2v) is 7.65. The Morgan fingerprint density at radius 2 is 1.23 bits per heavy atom. The minimum absolute atomic E-state index is 0.0502. The monoisotopic (exact) mass is 597 g/mol. The van der Waals surface area contributed by atoms with Crippen LogP contribution in [-0.4, -0.2) is 88.7 Å². The summed E-state index contributed by atoms with van der Waals surface area (Å²) in [5, 5.41) is 1.85. The largest absolute Gasteiger partial charge is 0.495 e. The maximum absolute atomic E-state index is 13.6. The molecule has 1 N–H and O–H groups in total. The van der Waals surface area contributed by atoms with Crippen LogP contribution < -0.4 is 5.32 Å². The number of alkyl carbamates (subject to hydrolysis) is 1. The molecule has 0 rings (SSSR count). The molecule has 0 spiro atoms. The van der Waals surface area contributed by atoms with Crippen LogP contribution in [0.3, 0.4) is 0 Å². The van der Waals surface area contributed by atoms with Crippen molar-refractivity contribution in [2.75, 3.05) is 46.2 Å². The Kier molecular flexibility index (Phi) is 15.9. The Bertz CT molecular complexity index is 898. The van der Waals surface area contributed by atoms with Gasteiger partial charge in [0.25, 0.3) is 0 Å². The first-order valence-corrected chi connectivity index (χ1v) is 11.2. The number of alkyl halides is 6. The predicted octanol–water partition coefficient (Wildman–Crippen LogP) is 3.06. The van der Waals surface area contributed by atoms with Gasteiger partial charge in [0.15, 0.2) is 6.61 Å². The summed E-state index contributed by atoms with van der Waals surface area (Å²) in [4.78, 5) is 45.0. The van der Waals surface area contributed by atoms with E-state index in [4.69, 9.17) is 4.74 Å². The Balaban J connectivity index is 4.27. The molecule has 0 aliphatic rings. The normalized spacial score (nSPS) is 11.8. The Hall–Kier alpha value is -3.38. The van der Waals surface area contributed by atoms with Crippen molar-refractivity contribution in [1.82, 2.24) is 5.32 Å². The van der Waals surface area contributed by atoms with Crippen molar-refractivity contribution >= 4 is 24.0 Å². The molecule has 0 saturated carbocycles. The lowest BCUT2D eigenvalue weighted by atomic mass is 10.3. The maximum atomic E-state index is 13.6. The van der Waals surface area contributed by atoms with Crippen LogP contribution in [0.2, 0.25) is 0 Å². The third-order valence-corrected chi connectivity index (χ3v) is 3.73. The van der Waals surface area contributed by atoms with Crippen molar-refractivity contribution in [3.05, 3.63) is 24.3 Å². The lowest BCUT2D eigenvalue weighted by Gasteiger charge is -2.26. The van der Waals surface area contributed by atoms with E-state index in [9.17, 15) is 45.5 Å². The zero-order valence-electron chi connectivity index (χ0n) is 21.5. The highest BCUT2D eigenvalue weighted by atomic mass is 19.3. The number of hydrogen-bond acceptors (Lipinski definition) is 11. The number of rotatable bonds is 20. The Labute approximate surface area is 224 Å². The second kappa shape index (κ2) is 17.3. The fourth-order valence-electron chi connectivity index (χ4n) is 2.03. The van der Waals surface area contributed by atoms with Gasteiger partial charge in [0.1, 0.15) is 19.8 Å². The summed E-state index contributed by atoms with van der Waals surface area (Å²) in [6.45, 7) is 3.25. The first-order valence-electron chi connectivity index (χ1n) is 11.2. The highest BCUT2D eigenvalue weighted by molar-refractivity contribution is 5.87. The fraction of sp³-hybridized carbons (Fsp3) is 0.636. The molecule has 0 aliphatic carbocycles. The number of amides is 1. The number of esters is 3. The van der Waals surface area contributed by atoms with Crippen LogP contribution >= 0.6 is 0 Å². The minimum atomic E-state index is -5.56. The third-order valence-electron chi connectivity index (χ3n) is 3.73. The van der Waals surface area contributed by atoms with E-state index < -0.39 is 82.1 Å². The Morgan fingerprint density at radius 1 is 0.700 bits per heavy atom. The molecule has 12 nitrogen and oxygen atoms in total. The number of nitrogens with one attached hydrogen (secondary N) is 1. The number of carbonyl (C=O) groups is 4. The van der Waals surface area contributed by atoms with Gasteiger partial charge in [-0.05, 0) is 20.3 Å². The van der Waals surface area contributed by atoms with Crippen LogP contribution in [0.5, 0.6) is 0 Å². The molecule has 230 valence electrons. The first-order chi connectivity index (χ1) is 18.4. The zero-order chi connectivity index (χ0) is 31.0. The molecule has 0 aromatic carbocycles. The smallest absolute Gasteiger partial charge is 0.463 e. The van der Waals surface area contributed by atoms with Gasteiger partial charge in [0.05, 0.1) is 19.8 Å². The number of ether oxygens (including phenoxy) is 7. The number of halogens is 6. The summed E-state index contributed by atoms with van der Waals surface area (Å²) in [6.07, 6.45) is -17.0. The highest BCUT2D eigenvalue weighted by Gasteiger charge is 2.52. The van der Waals surface area contributed by atoms with Gasteiger partial charge in [-0.3, -0.25) is 4.79 Å². The summed E-state index contributed by atoms with van der Waals surface area (Å²) < 4.78 is 109. The van der Waals surface area contributed by atoms with E-state index in [0.29, 0.717) is 0 Å². The van der Waals surface area contributed by atoms with Gasteiger partial charge in [-0.25, -0.2) is 23.9 Å². The molecule has 0 bridgehead atoms. The summed E-state index contributed by atoms with van der Waals surface area (Å²) >= 11 is 0.